The van der Waals surface area contributed by atoms with Gasteiger partial charge in [-0.1, -0.05) is 13.0 Å². The Kier molecular flexibility index (Phi) is 3.32. The molecule has 1 aromatic heterocycles. The summed E-state index contributed by atoms with van der Waals surface area (Å²) in [6.45, 7) is 2.16. The summed E-state index contributed by atoms with van der Waals surface area (Å²) >= 11 is 0. The number of nitrogens with two attached hydrogens (primary N) is 1. The van der Waals surface area contributed by atoms with Crippen molar-refractivity contribution in [3.05, 3.63) is 40.2 Å². The van der Waals surface area contributed by atoms with Crippen molar-refractivity contribution in [2.45, 2.75) is 13.3 Å². The van der Waals surface area contributed by atoms with Crippen molar-refractivity contribution in [1.29, 1.82) is 0 Å². The van der Waals surface area contributed by atoms with E-state index in [1.165, 1.54) is 0 Å². The molecule has 2 rings (SSSR count). The average Bonchev–Trinajstić information content (AvgIpc) is 2.37. The van der Waals surface area contributed by atoms with Gasteiger partial charge in [0.25, 0.3) is 0 Å². The van der Waals surface area contributed by atoms with Crippen molar-refractivity contribution < 1.29 is 13.9 Å². The van der Waals surface area contributed by atoms with Crippen molar-refractivity contribution in [3.63, 3.8) is 0 Å². The quantitative estimate of drug-likeness (QED) is 0.662. The van der Waals surface area contributed by atoms with Gasteiger partial charge in [-0.05, 0) is 18.6 Å². The predicted octanol–water partition coefficient (Wildman–Crippen LogP) is 1.94. The van der Waals surface area contributed by atoms with Gasteiger partial charge in [0.1, 0.15) is 0 Å². The van der Waals surface area contributed by atoms with E-state index in [-0.39, 0.29) is 23.4 Å². The van der Waals surface area contributed by atoms with Crippen LogP contribution < -0.4 is 11.2 Å². The van der Waals surface area contributed by atoms with Crippen LogP contribution in [0.1, 0.15) is 23.9 Å². The number of carbonyl (C=O) groups excluding carboxylic acids is 1. The standard InChI is InChI=1S/C13H13NO4/c1-2-6-17-13(16)11-7-10(15)8-4-3-5-9(14)12(8)18-11/h3-5,7H,2,6,14H2,1H3. The fraction of sp³-hybridized carbons (Fsp3) is 0.231. The highest BCUT2D eigenvalue weighted by molar-refractivity contribution is 5.92. The maximum atomic E-state index is 11.8. The van der Waals surface area contributed by atoms with E-state index in [0.717, 1.165) is 6.07 Å². The summed E-state index contributed by atoms with van der Waals surface area (Å²) < 4.78 is 10.2. The zero-order valence-corrected chi connectivity index (χ0v) is 9.93. The van der Waals surface area contributed by atoms with Gasteiger partial charge in [0.2, 0.25) is 5.76 Å². The predicted molar refractivity (Wildman–Crippen MR) is 67.5 cm³/mol. The van der Waals surface area contributed by atoms with Crippen molar-refractivity contribution in [3.8, 4) is 0 Å². The fourth-order valence-electron chi connectivity index (χ4n) is 1.57. The topological polar surface area (TPSA) is 82.5 Å². The van der Waals surface area contributed by atoms with Crippen LogP contribution in [0.5, 0.6) is 0 Å². The van der Waals surface area contributed by atoms with E-state index in [2.05, 4.69) is 0 Å². The van der Waals surface area contributed by atoms with Gasteiger partial charge in [-0.3, -0.25) is 4.79 Å². The molecule has 0 aliphatic carbocycles. The van der Waals surface area contributed by atoms with E-state index in [0.29, 0.717) is 17.5 Å². The van der Waals surface area contributed by atoms with Crippen LogP contribution in [0.15, 0.2) is 33.5 Å². The number of para-hydroxylation sites is 1. The van der Waals surface area contributed by atoms with Crippen molar-refractivity contribution in [2.24, 2.45) is 0 Å². The molecular formula is C13H13NO4. The Morgan fingerprint density at radius 2 is 2.22 bits per heavy atom. The first-order valence-corrected chi connectivity index (χ1v) is 5.63. The van der Waals surface area contributed by atoms with E-state index >= 15 is 0 Å². The van der Waals surface area contributed by atoms with Crippen LogP contribution in [0, 0.1) is 0 Å². The molecule has 0 radical (unpaired) electrons. The number of rotatable bonds is 3. The molecule has 0 saturated heterocycles. The van der Waals surface area contributed by atoms with E-state index in [1.54, 1.807) is 18.2 Å². The number of esters is 1. The molecule has 0 fully saturated rings. The Labute approximate surface area is 103 Å². The first-order chi connectivity index (χ1) is 8.63. The molecule has 18 heavy (non-hydrogen) atoms. The van der Waals surface area contributed by atoms with Gasteiger partial charge in [-0.25, -0.2) is 4.79 Å². The summed E-state index contributed by atoms with van der Waals surface area (Å²) in [6, 6.07) is 5.98. The van der Waals surface area contributed by atoms with Crippen LogP contribution >= 0.6 is 0 Å². The lowest BCUT2D eigenvalue weighted by Gasteiger charge is -2.04. The van der Waals surface area contributed by atoms with Gasteiger partial charge < -0.3 is 14.9 Å². The highest BCUT2D eigenvalue weighted by Crippen LogP contribution is 2.19. The van der Waals surface area contributed by atoms with Crippen molar-refractivity contribution in [2.75, 3.05) is 12.3 Å². The second-order valence-corrected chi connectivity index (χ2v) is 3.83. The molecule has 5 nitrogen and oxygen atoms in total. The van der Waals surface area contributed by atoms with Crippen LogP contribution in [-0.4, -0.2) is 12.6 Å². The van der Waals surface area contributed by atoms with Gasteiger partial charge in [-0.15, -0.1) is 0 Å². The molecule has 0 amide bonds. The lowest BCUT2D eigenvalue weighted by Crippen LogP contribution is -2.11. The molecule has 2 aromatic rings. The third-order valence-electron chi connectivity index (χ3n) is 2.42. The smallest absolute Gasteiger partial charge is 0.374 e. The van der Waals surface area contributed by atoms with Crippen LogP contribution in [0.25, 0.3) is 11.0 Å². The minimum atomic E-state index is -0.654. The average molecular weight is 247 g/mol. The zero-order chi connectivity index (χ0) is 13.1. The molecule has 0 aliphatic rings. The molecule has 0 saturated carbocycles. The number of carbonyl (C=O) groups is 1. The van der Waals surface area contributed by atoms with Gasteiger partial charge in [-0.2, -0.15) is 0 Å². The van der Waals surface area contributed by atoms with Crippen LogP contribution in [0.2, 0.25) is 0 Å². The van der Waals surface area contributed by atoms with Gasteiger partial charge in [0, 0.05) is 6.07 Å². The summed E-state index contributed by atoms with van der Waals surface area (Å²) in [5.41, 5.74) is 5.93. The van der Waals surface area contributed by atoms with Crippen molar-refractivity contribution in [1.82, 2.24) is 0 Å². The summed E-state index contributed by atoms with van der Waals surface area (Å²) in [5, 5.41) is 0.349. The largest absolute Gasteiger partial charge is 0.460 e. The maximum absolute atomic E-state index is 11.8. The number of nitrogen functional groups attached to an aromatic ring is 1. The Hall–Kier alpha value is -2.30. The van der Waals surface area contributed by atoms with Crippen LogP contribution in [0.4, 0.5) is 5.69 Å². The summed E-state index contributed by atoms with van der Waals surface area (Å²) in [4.78, 5) is 23.4. The molecule has 0 aliphatic heterocycles. The first kappa shape index (κ1) is 12.2. The minimum absolute atomic E-state index is 0.126. The van der Waals surface area contributed by atoms with Gasteiger partial charge in [0.15, 0.2) is 11.0 Å². The van der Waals surface area contributed by atoms with Crippen LogP contribution in [-0.2, 0) is 4.74 Å². The molecule has 0 unspecified atom stereocenters. The lowest BCUT2D eigenvalue weighted by molar-refractivity contribution is 0.0469. The second-order valence-electron chi connectivity index (χ2n) is 3.83. The summed E-state index contributed by atoms with van der Waals surface area (Å²) in [5.74, 6) is -0.780. The molecule has 2 N–H and O–H groups in total. The van der Waals surface area contributed by atoms with E-state index in [4.69, 9.17) is 14.9 Å². The SMILES string of the molecule is CCCOC(=O)c1cc(=O)c2cccc(N)c2o1. The Morgan fingerprint density at radius 3 is 2.94 bits per heavy atom. The lowest BCUT2D eigenvalue weighted by atomic mass is 10.2. The first-order valence-electron chi connectivity index (χ1n) is 5.63. The summed E-state index contributed by atoms with van der Waals surface area (Å²) in [7, 11) is 0. The third kappa shape index (κ3) is 2.20. The van der Waals surface area contributed by atoms with Gasteiger partial charge in [0.05, 0.1) is 17.7 Å². The molecule has 94 valence electrons. The Balaban J connectivity index is 2.52. The van der Waals surface area contributed by atoms with E-state index in [9.17, 15) is 9.59 Å². The number of anilines is 1. The summed E-state index contributed by atoms with van der Waals surface area (Å²) in [6.07, 6.45) is 0.700. The zero-order valence-electron chi connectivity index (χ0n) is 9.93. The fourth-order valence-corrected chi connectivity index (χ4v) is 1.57. The third-order valence-corrected chi connectivity index (χ3v) is 2.42. The second kappa shape index (κ2) is 4.91. The van der Waals surface area contributed by atoms with Crippen LogP contribution in [0.3, 0.4) is 0 Å². The number of benzene rings is 1. The molecule has 5 heteroatoms. The molecule has 0 atom stereocenters. The highest BCUT2D eigenvalue weighted by atomic mass is 16.5. The minimum Gasteiger partial charge on any atom is -0.460 e. The number of ether oxygens (including phenoxy) is 1. The molecular weight excluding hydrogens is 234 g/mol. The highest BCUT2D eigenvalue weighted by Gasteiger charge is 2.14. The van der Waals surface area contributed by atoms with Gasteiger partial charge >= 0.3 is 5.97 Å². The molecule has 1 aromatic carbocycles. The number of hydrogen-bond donors (Lipinski definition) is 1. The maximum Gasteiger partial charge on any atom is 0.374 e. The normalized spacial score (nSPS) is 10.5. The Bertz CT molecular complexity index is 645. The molecule has 1 heterocycles. The monoisotopic (exact) mass is 247 g/mol. The number of hydrogen-bond acceptors (Lipinski definition) is 5. The molecule has 0 bridgehead atoms. The van der Waals surface area contributed by atoms with E-state index < -0.39 is 5.97 Å². The Morgan fingerprint density at radius 1 is 1.44 bits per heavy atom. The molecule has 0 spiro atoms. The van der Waals surface area contributed by atoms with Crippen molar-refractivity contribution >= 4 is 22.6 Å². The van der Waals surface area contributed by atoms with E-state index in [1.807, 2.05) is 6.92 Å². The number of fused-ring (bicyclic) bond motifs is 1.